The Kier molecular flexibility index (Phi) is 4.71. The van der Waals surface area contributed by atoms with Crippen LogP contribution in [-0.2, 0) is 14.0 Å². The zero-order valence-corrected chi connectivity index (χ0v) is 16.3. The van der Waals surface area contributed by atoms with Gasteiger partial charge in [-0.25, -0.2) is 4.79 Å². The lowest BCUT2D eigenvalue weighted by Crippen LogP contribution is -2.41. The van der Waals surface area contributed by atoms with Gasteiger partial charge in [0.15, 0.2) is 0 Å². The van der Waals surface area contributed by atoms with Crippen molar-refractivity contribution in [1.82, 2.24) is 0 Å². The predicted molar refractivity (Wildman–Crippen MR) is 104 cm³/mol. The number of hydrogen-bond acceptors (Lipinski definition) is 4. The van der Waals surface area contributed by atoms with Gasteiger partial charge in [-0.2, -0.15) is 0 Å². The molecule has 1 heterocycles. The van der Waals surface area contributed by atoms with E-state index in [1.54, 1.807) is 6.07 Å². The Bertz CT molecular complexity index is 826. The van der Waals surface area contributed by atoms with Crippen LogP contribution in [-0.4, -0.2) is 31.4 Å². The molecule has 1 saturated heterocycles. The van der Waals surface area contributed by atoms with Crippen LogP contribution in [0.4, 0.5) is 0 Å². The molecule has 0 unspecified atom stereocenters. The highest BCUT2D eigenvalue weighted by Gasteiger charge is 2.52. The Morgan fingerprint density at radius 1 is 0.962 bits per heavy atom. The second-order valence-corrected chi connectivity index (χ2v) is 7.73. The molecule has 0 saturated carbocycles. The number of aryl methyl sites for hydroxylation is 1. The van der Waals surface area contributed by atoms with E-state index in [1.165, 1.54) is 7.11 Å². The maximum atomic E-state index is 11.8. The fourth-order valence-corrected chi connectivity index (χ4v) is 3.03. The Labute approximate surface area is 155 Å². The van der Waals surface area contributed by atoms with Crippen molar-refractivity contribution in [3.63, 3.8) is 0 Å². The van der Waals surface area contributed by atoms with Crippen molar-refractivity contribution >= 4 is 18.6 Å². The first-order chi connectivity index (χ1) is 12.1. The van der Waals surface area contributed by atoms with E-state index in [2.05, 4.69) is 33.8 Å². The van der Waals surface area contributed by atoms with Gasteiger partial charge in [0.2, 0.25) is 0 Å². The molecule has 136 valence electrons. The Morgan fingerprint density at radius 3 is 2.15 bits per heavy atom. The van der Waals surface area contributed by atoms with Crippen molar-refractivity contribution in [3.05, 3.63) is 53.6 Å². The van der Waals surface area contributed by atoms with Crippen LogP contribution in [0.5, 0.6) is 0 Å². The quantitative estimate of drug-likeness (QED) is 0.624. The van der Waals surface area contributed by atoms with Crippen molar-refractivity contribution in [2.24, 2.45) is 0 Å². The number of hydrogen-bond donors (Lipinski definition) is 0. The maximum absolute atomic E-state index is 11.8. The fourth-order valence-electron chi connectivity index (χ4n) is 3.03. The monoisotopic (exact) mass is 352 g/mol. The molecule has 0 bridgehead atoms. The van der Waals surface area contributed by atoms with Gasteiger partial charge in [-0.05, 0) is 63.3 Å². The summed E-state index contributed by atoms with van der Waals surface area (Å²) in [6.07, 6.45) is 0. The van der Waals surface area contributed by atoms with Crippen LogP contribution in [0.25, 0.3) is 11.1 Å². The van der Waals surface area contributed by atoms with Crippen LogP contribution in [0.1, 0.15) is 43.6 Å². The number of ether oxygens (including phenoxy) is 1. The second-order valence-electron chi connectivity index (χ2n) is 7.73. The number of rotatable bonds is 3. The number of esters is 1. The average molecular weight is 352 g/mol. The van der Waals surface area contributed by atoms with Crippen LogP contribution in [0.2, 0.25) is 0 Å². The predicted octanol–water partition coefficient (Wildman–Crippen LogP) is 3.75. The summed E-state index contributed by atoms with van der Waals surface area (Å²) < 4.78 is 17.1. The Hall–Kier alpha value is -2.11. The van der Waals surface area contributed by atoms with Crippen molar-refractivity contribution in [2.45, 2.75) is 45.8 Å². The van der Waals surface area contributed by atoms with Gasteiger partial charge >= 0.3 is 13.1 Å². The number of methoxy groups -OCH3 is 1. The van der Waals surface area contributed by atoms with Crippen molar-refractivity contribution in [2.75, 3.05) is 7.11 Å². The lowest BCUT2D eigenvalue weighted by molar-refractivity contribution is 0.00578. The fraction of sp³-hybridized carbons (Fsp3) is 0.381. The van der Waals surface area contributed by atoms with Gasteiger partial charge < -0.3 is 14.0 Å². The molecule has 5 heteroatoms. The summed E-state index contributed by atoms with van der Waals surface area (Å²) in [7, 11) is 1.01. The number of carbonyl (C=O) groups is 1. The van der Waals surface area contributed by atoms with Gasteiger partial charge in [-0.15, -0.1) is 0 Å². The normalized spacial score (nSPS) is 18.0. The lowest BCUT2D eigenvalue weighted by atomic mass is 9.75. The number of benzene rings is 2. The molecule has 4 nitrogen and oxygen atoms in total. The van der Waals surface area contributed by atoms with E-state index < -0.39 is 0 Å². The van der Waals surface area contributed by atoms with Crippen LogP contribution in [0.15, 0.2) is 42.5 Å². The summed E-state index contributed by atoms with van der Waals surface area (Å²) >= 11 is 0. The average Bonchev–Trinajstić information content (AvgIpc) is 2.81. The highest BCUT2D eigenvalue weighted by Crippen LogP contribution is 2.36. The van der Waals surface area contributed by atoms with Gasteiger partial charge in [-0.3, -0.25) is 0 Å². The first-order valence-electron chi connectivity index (χ1n) is 8.79. The lowest BCUT2D eigenvalue weighted by Gasteiger charge is -2.32. The standard InChI is InChI=1S/C21H25BO4/c1-14-12-16(15-8-7-9-17(13-15)19(23)24-6)10-11-18(14)22-25-20(2,3)21(4,5)26-22/h7-13H,1-6H3. The third-order valence-corrected chi connectivity index (χ3v) is 5.39. The molecule has 0 radical (unpaired) electrons. The van der Waals surface area contributed by atoms with E-state index in [4.69, 9.17) is 14.0 Å². The van der Waals surface area contributed by atoms with E-state index in [0.29, 0.717) is 5.56 Å². The van der Waals surface area contributed by atoms with Crippen molar-refractivity contribution < 1.29 is 18.8 Å². The van der Waals surface area contributed by atoms with Crippen LogP contribution in [0, 0.1) is 6.92 Å². The molecule has 2 aromatic rings. The molecule has 0 aliphatic carbocycles. The van der Waals surface area contributed by atoms with Crippen LogP contribution < -0.4 is 5.46 Å². The largest absolute Gasteiger partial charge is 0.495 e. The smallest absolute Gasteiger partial charge is 0.465 e. The molecule has 0 aromatic heterocycles. The van der Waals surface area contributed by atoms with E-state index in [9.17, 15) is 4.79 Å². The molecule has 0 N–H and O–H groups in total. The van der Waals surface area contributed by atoms with E-state index in [1.807, 2.05) is 37.3 Å². The van der Waals surface area contributed by atoms with E-state index in [-0.39, 0.29) is 24.3 Å². The van der Waals surface area contributed by atoms with Crippen LogP contribution >= 0.6 is 0 Å². The third-order valence-electron chi connectivity index (χ3n) is 5.39. The minimum Gasteiger partial charge on any atom is -0.465 e. The summed E-state index contributed by atoms with van der Waals surface area (Å²) in [6, 6.07) is 13.6. The van der Waals surface area contributed by atoms with Crippen molar-refractivity contribution in [3.8, 4) is 11.1 Å². The molecule has 1 aliphatic rings. The summed E-state index contributed by atoms with van der Waals surface area (Å²) in [5, 5.41) is 0. The molecule has 1 fully saturated rings. The van der Waals surface area contributed by atoms with Gasteiger partial charge in [0, 0.05) is 0 Å². The van der Waals surface area contributed by atoms with E-state index in [0.717, 1.165) is 22.2 Å². The third kappa shape index (κ3) is 3.29. The highest BCUT2D eigenvalue weighted by molar-refractivity contribution is 6.62. The number of carbonyl (C=O) groups excluding carboxylic acids is 1. The van der Waals surface area contributed by atoms with Gasteiger partial charge in [0.05, 0.1) is 23.9 Å². The molecule has 2 aromatic carbocycles. The molecule has 0 spiro atoms. The SMILES string of the molecule is COC(=O)c1cccc(-c2ccc(B3OC(C)(C)C(C)(C)O3)c(C)c2)c1. The molecule has 26 heavy (non-hydrogen) atoms. The zero-order chi connectivity index (χ0) is 19.1. The zero-order valence-electron chi connectivity index (χ0n) is 16.3. The summed E-state index contributed by atoms with van der Waals surface area (Å²) in [5.74, 6) is -0.336. The first-order valence-corrected chi connectivity index (χ1v) is 8.79. The highest BCUT2D eigenvalue weighted by atomic mass is 16.7. The minimum absolute atomic E-state index is 0.336. The molecular weight excluding hydrogens is 327 g/mol. The summed E-state index contributed by atoms with van der Waals surface area (Å²) in [5.41, 5.74) is 3.93. The summed E-state index contributed by atoms with van der Waals surface area (Å²) in [4.78, 5) is 11.8. The molecule has 0 atom stereocenters. The Morgan fingerprint density at radius 2 is 1.58 bits per heavy atom. The molecule has 3 rings (SSSR count). The second kappa shape index (κ2) is 6.56. The van der Waals surface area contributed by atoms with Gasteiger partial charge in [0.25, 0.3) is 0 Å². The maximum Gasteiger partial charge on any atom is 0.495 e. The van der Waals surface area contributed by atoms with E-state index >= 15 is 0 Å². The topological polar surface area (TPSA) is 44.8 Å². The molecule has 1 aliphatic heterocycles. The minimum atomic E-state index is -0.379. The van der Waals surface area contributed by atoms with Crippen LogP contribution in [0.3, 0.4) is 0 Å². The van der Waals surface area contributed by atoms with Gasteiger partial charge in [-0.1, -0.05) is 35.9 Å². The molecular formula is C21H25BO4. The first kappa shape index (κ1) is 18.7. The summed E-state index contributed by atoms with van der Waals surface area (Å²) in [6.45, 7) is 10.3. The van der Waals surface area contributed by atoms with Gasteiger partial charge in [0.1, 0.15) is 0 Å². The molecule has 0 amide bonds. The van der Waals surface area contributed by atoms with Crippen molar-refractivity contribution in [1.29, 1.82) is 0 Å². The Balaban J connectivity index is 1.91.